The van der Waals surface area contributed by atoms with Crippen molar-refractivity contribution in [2.24, 2.45) is 5.92 Å². The maximum absolute atomic E-state index is 12.3. The number of carboxylic acids is 1. The smallest absolute Gasteiger partial charge is 0.321 e. The normalized spacial score (nSPS) is 12.9. The number of aliphatic carboxylic acids is 1. The molecule has 0 saturated heterocycles. The first-order valence-corrected chi connectivity index (χ1v) is 8.55. The highest BCUT2D eigenvalue weighted by molar-refractivity contribution is 7.89. The standard InChI is InChI=1S/C15H21NO6S/c1-10(2)7-13(15(18)19)16-23(20,21)12-6-4-5-11(8-12)9-14(17)22-3/h4-6,8,10,13,16H,7,9H2,1-3H3,(H,18,19)/t13-/m1/s1. The van der Waals surface area contributed by atoms with Gasteiger partial charge in [-0.05, 0) is 30.0 Å². The Morgan fingerprint density at radius 2 is 1.96 bits per heavy atom. The van der Waals surface area contributed by atoms with Gasteiger partial charge in [0.25, 0.3) is 0 Å². The minimum atomic E-state index is -4.00. The van der Waals surface area contributed by atoms with Crippen LogP contribution < -0.4 is 4.72 Å². The Morgan fingerprint density at radius 3 is 2.48 bits per heavy atom. The Kier molecular flexibility index (Phi) is 6.71. The molecule has 1 atom stereocenters. The average molecular weight is 343 g/mol. The van der Waals surface area contributed by atoms with E-state index in [-0.39, 0.29) is 23.7 Å². The van der Waals surface area contributed by atoms with Crippen molar-refractivity contribution in [3.8, 4) is 0 Å². The number of ether oxygens (including phenoxy) is 1. The summed E-state index contributed by atoms with van der Waals surface area (Å²) in [6.07, 6.45) is 0.116. The van der Waals surface area contributed by atoms with E-state index in [1.165, 1.54) is 25.3 Å². The molecule has 23 heavy (non-hydrogen) atoms. The van der Waals surface area contributed by atoms with Gasteiger partial charge in [0.15, 0.2) is 0 Å². The van der Waals surface area contributed by atoms with Crippen molar-refractivity contribution in [2.75, 3.05) is 7.11 Å². The SMILES string of the molecule is COC(=O)Cc1cccc(S(=O)(=O)N[C@H](CC(C)C)C(=O)O)c1. The van der Waals surface area contributed by atoms with E-state index in [0.717, 1.165) is 0 Å². The third kappa shape index (κ3) is 5.99. The van der Waals surface area contributed by atoms with Crippen LogP contribution in [-0.2, 0) is 30.8 Å². The average Bonchev–Trinajstić information content (AvgIpc) is 2.46. The fourth-order valence-corrected chi connectivity index (χ4v) is 3.26. The molecule has 0 amide bonds. The molecular formula is C15H21NO6S. The van der Waals surface area contributed by atoms with Gasteiger partial charge in [0.1, 0.15) is 6.04 Å². The molecule has 0 aliphatic carbocycles. The van der Waals surface area contributed by atoms with Crippen LogP contribution in [0.5, 0.6) is 0 Å². The molecule has 2 N–H and O–H groups in total. The van der Waals surface area contributed by atoms with E-state index < -0.39 is 28.0 Å². The third-order valence-corrected chi connectivity index (χ3v) is 4.56. The maximum Gasteiger partial charge on any atom is 0.321 e. The molecule has 1 rings (SSSR count). The third-order valence-electron chi connectivity index (χ3n) is 3.09. The first kappa shape index (κ1) is 19.1. The van der Waals surface area contributed by atoms with Gasteiger partial charge >= 0.3 is 11.9 Å². The zero-order valence-corrected chi connectivity index (χ0v) is 14.1. The molecular weight excluding hydrogens is 322 g/mol. The zero-order chi connectivity index (χ0) is 17.6. The van der Waals surface area contributed by atoms with Gasteiger partial charge in [0.2, 0.25) is 10.0 Å². The second kappa shape index (κ2) is 8.07. The van der Waals surface area contributed by atoms with Gasteiger partial charge in [-0.2, -0.15) is 4.72 Å². The predicted octanol–water partition coefficient (Wildman–Crippen LogP) is 1.18. The summed E-state index contributed by atoms with van der Waals surface area (Å²) < 4.78 is 31.4. The van der Waals surface area contributed by atoms with Crippen LogP contribution >= 0.6 is 0 Å². The lowest BCUT2D eigenvalue weighted by atomic mass is 10.1. The lowest BCUT2D eigenvalue weighted by Gasteiger charge is -2.17. The molecule has 0 fully saturated rings. The van der Waals surface area contributed by atoms with Crippen molar-refractivity contribution in [1.29, 1.82) is 0 Å². The van der Waals surface area contributed by atoms with Crippen LogP contribution in [0, 0.1) is 5.92 Å². The Bertz CT molecular complexity index is 668. The number of sulfonamides is 1. The van der Waals surface area contributed by atoms with Crippen LogP contribution in [0.15, 0.2) is 29.2 Å². The molecule has 0 bridgehead atoms. The number of hydrogen-bond donors (Lipinski definition) is 2. The van der Waals surface area contributed by atoms with Gasteiger partial charge in [0, 0.05) is 0 Å². The minimum Gasteiger partial charge on any atom is -0.480 e. The van der Waals surface area contributed by atoms with E-state index in [9.17, 15) is 18.0 Å². The molecule has 7 nitrogen and oxygen atoms in total. The van der Waals surface area contributed by atoms with Crippen LogP contribution in [0.3, 0.4) is 0 Å². The van der Waals surface area contributed by atoms with E-state index in [1.807, 2.05) is 0 Å². The number of carbonyl (C=O) groups excluding carboxylic acids is 1. The van der Waals surface area contributed by atoms with Crippen molar-refractivity contribution < 1.29 is 27.9 Å². The Morgan fingerprint density at radius 1 is 1.30 bits per heavy atom. The summed E-state index contributed by atoms with van der Waals surface area (Å²) in [7, 11) is -2.75. The lowest BCUT2D eigenvalue weighted by molar-refractivity contribution is -0.140. The highest BCUT2D eigenvalue weighted by Crippen LogP contribution is 2.15. The number of carboxylic acid groups (broad SMARTS) is 1. The largest absolute Gasteiger partial charge is 0.480 e. The fraction of sp³-hybridized carbons (Fsp3) is 0.467. The van der Waals surface area contributed by atoms with E-state index in [4.69, 9.17) is 5.11 Å². The van der Waals surface area contributed by atoms with Crippen LogP contribution in [-0.4, -0.2) is 38.6 Å². The number of nitrogens with one attached hydrogen (secondary N) is 1. The molecule has 0 aromatic heterocycles. The van der Waals surface area contributed by atoms with E-state index in [0.29, 0.717) is 5.56 Å². The van der Waals surface area contributed by atoms with Gasteiger partial charge in [-0.25, -0.2) is 8.42 Å². The Labute approximate surface area is 135 Å². The molecule has 8 heteroatoms. The molecule has 0 radical (unpaired) electrons. The number of benzene rings is 1. The van der Waals surface area contributed by atoms with E-state index in [1.54, 1.807) is 19.9 Å². The molecule has 1 aromatic carbocycles. The van der Waals surface area contributed by atoms with Crippen LogP contribution in [0.2, 0.25) is 0 Å². The van der Waals surface area contributed by atoms with Crippen molar-refractivity contribution in [2.45, 2.75) is 37.6 Å². The van der Waals surface area contributed by atoms with Gasteiger partial charge in [-0.15, -0.1) is 0 Å². The summed E-state index contributed by atoms with van der Waals surface area (Å²) in [6.45, 7) is 3.61. The van der Waals surface area contributed by atoms with Crippen LogP contribution in [0.4, 0.5) is 0 Å². The topological polar surface area (TPSA) is 110 Å². The summed E-state index contributed by atoms with van der Waals surface area (Å²) in [5, 5.41) is 9.15. The number of rotatable bonds is 8. The van der Waals surface area contributed by atoms with Gasteiger partial charge in [-0.3, -0.25) is 9.59 Å². The molecule has 128 valence electrons. The first-order valence-electron chi connectivity index (χ1n) is 7.06. The van der Waals surface area contributed by atoms with Crippen molar-refractivity contribution in [3.63, 3.8) is 0 Å². The second-order valence-electron chi connectivity index (χ2n) is 5.54. The molecule has 0 saturated carbocycles. The van der Waals surface area contributed by atoms with Crippen molar-refractivity contribution in [1.82, 2.24) is 4.72 Å². The first-order chi connectivity index (χ1) is 10.7. The quantitative estimate of drug-likeness (QED) is 0.686. The van der Waals surface area contributed by atoms with Crippen LogP contribution in [0.1, 0.15) is 25.8 Å². The monoisotopic (exact) mass is 343 g/mol. The predicted molar refractivity (Wildman–Crippen MR) is 83.4 cm³/mol. The highest BCUT2D eigenvalue weighted by atomic mass is 32.2. The van der Waals surface area contributed by atoms with Gasteiger partial charge < -0.3 is 9.84 Å². The van der Waals surface area contributed by atoms with Crippen molar-refractivity contribution in [3.05, 3.63) is 29.8 Å². The Hall–Kier alpha value is -1.93. The van der Waals surface area contributed by atoms with Gasteiger partial charge in [0.05, 0.1) is 18.4 Å². The number of methoxy groups -OCH3 is 1. The molecule has 0 heterocycles. The number of carbonyl (C=O) groups is 2. The molecule has 0 aliphatic rings. The van der Waals surface area contributed by atoms with E-state index in [2.05, 4.69) is 9.46 Å². The number of hydrogen-bond acceptors (Lipinski definition) is 5. The van der Waals surface area contributed by atoms with E-state index >= 15 is 0 Å². The summed E-state index contributed by atoms with van der Waals surface area (Å²) >= 11 is 0. The summed E-state index contributed by atoms with van der Waals surface area (Å²) in [6, 6.07) is 4.55. The highest BCUT2D eigenvalue weighted by Gasteiger charge is 2.26. The Balaban J connectivity index is 3.01. The van der Waals surface area contributed by atoms with Gasteiger partial charge in [-0.1, -0.05) is 26.0 Å². The molecule has 0 unspecified atom stereocenters. The zero-order valence-electron chi connectivity index (χ0n) is 13.3. The summed E-state index contributed by atoms with van der Waals surface area (Å²) in [5.41, 5.74) is 0.468. The molecule has 0 spiro atoms. The molecule has 0 aliphatic heterocycles. The lowest BCUT2D eigenvalue weighted by Crippen LogP contribution is -2.41. The minimum absolute atomic E-state index is 0.0180. The fourth-order valence-electron chi connectivity index (χ4n) is 1.99. The van der Waals surface area contributed by atoms with Crippen molar-refractivity contribution >= 4 is 22.0 Å². The second-order valence-corrected chi connectivity index (χ2v) is 7.26. The molecule has 1 aromatic rings. The summed E-state index contributed by atoms with van der Waals surface area (Å²) in [5.74, 6) is -1.70. The van der Waals surface area contributed by atoms with Crippen LogP contribution in [0.25, 0.3) is 0 Å². The maximum atomic E-state index is 12.3. The summed E-state index contributed by atoms with van der Waals surface area (Å²) in [4.78, 5) is 22.4. The number of esters is 1.